The Hall–Kier alpha value is -2.12. The van der Waals surface area contributed by atoms with E-state index in [9.17, 15) is 9.59 Å². The number of hydrogen-bond acceptors (Lipinski definition) is 5. The van der Waals surface area contributed by atoms with Gasteiger partial charge in [0.15, 0.2) is 5.69 Å². The van der Waals surface area contributed by atoms with Crippen molar-refractivity contribution in [3.63, 3.8) is 0 Å². The zero-order valence-electron chi connectivity index (χ0n) is 13.1. The normalized spacial score (nSPS) is 22.1. The summed E-state index contributed by atoms with van der Waals surface area (Å²) in [4.78, 5) is 22.5. The summed E-state index contributed by atoms with van der Waals surface area (Å²) >= 11 is 0. The molecule has 0 bridgehead atoms. The SMILES string of the molecule is CC(C)(C)OC(=O)N[C@H]1CC[C@@H](n2cc(C(=O)O)nn2)CC1. The highest BCUT2D eigenvalue weighted by molar-refractivity contribution is 5.84. The van der Waals surface area contributed by atoms with Crippen LogP contribution < -0.4 is 5.32 Å². The zero-order chi connectivity index (χ0) is 16.3. The predicted octanol–water partition coefficient (Wildman–Crippen LogP) is 1.98. The zero-order valence-corrected chi connectivity index (χ0v) is 13.1. The van der Waals surface area contributed by atoms with Crippen LogP contribution in [-0.4, -0.2) is 43.8 Å². The highest BCUT2D eigenvalue weighted by atomic mass is 16.6. The lowest BCUT2D eigenvalue weighted by molar-refractivity contribution is 0.0486. The van der Waals surface area contributed by atoms with Crippen molar-refractivity contribution in [3.8, 4) is 0 Å². The van der Waals surface area contributed by atoms with E-state index in [1.807, 2.05) is 20.8 Å². The third-order valence-electron chi connectivity index (χ3n) is 3.52. The van der Waals surface area contributed by atoms with E-state index in [0.29, 0.717) is 0 Å². The average Bonchev–Trinajstić information content (AvgIpc) is 2.87. The minimum atomic E-state index is -1.08. The molecule has 0 aromatic carbocycles. The summed E-state index contributed by atoms with van der Waals surface area (Å²) in [5.74, 6) is -1.08. The molecule has 1 amide bonds. The number of nitrogens with zero attached hydrogens (tertiary/aromatic N) is 3. The molecule has 2 N–H and O–H groups in total. The Morgan fingerprint density at radius 1 is 1.32 bits per heavy atom. The number of hydrogen-bond donors (Lipinski definition) is 2. The fourth-order valence-electron chi connectivity index (χ4n) is 2.51. The molecule has 8 heteroatoms. The molecule has 1 aliphatic rings. The Kier molecular flexibility index (Phi) is 4.68. The smallest absolute Gasteiger partial charge is 0.407 e. The Labute approximate surface area is 128 Å². The van der Waals surface area contributed by atoms with E-state index in [0.717, 1.165) is 25.7 Å². The second-order valence-electron chi connectivity index (χ2n) is 6.54. The lowest BCUT2D eigenvalue weighted by atomic mass is 9.91. The minimum Gasteiger partial charge on any atom is -0.476 e. The molecule has 2 rings (SSSR count). The van der Waals surface area contributed by atoms with Crippen molar-refractivity contribution in [2.24, 2.45) is 0 Å². The fraction of sp³-hybridized carbons (Fsp3) is 0.714. The summed E-state index contributed by atoms with van der Waals surface area (Å²) < 4.78 is 6.84. The molecule has 22 heavy (non-hydrogen) atoms. The van der Waals surface area contributed by atoms with Gasteiger partial charge in [-0.3, -0.25) is 0 Å². The van der Waals surface area contributed by atoms with Gasteiger partial charge in [0.1, 0.15) is 5.60 Å². The van der Waals surface area contributed by atoms with E-state index >= 15 is 0 Å². The Bertz CT molecular complexity index is 541. The van der Waals surface area contributed by atoms with Gasteiger partial charge in [0.25, 0.3) is 0 Å². The first-order valence-electron chi connectivity index (χ1n) is 7.39. The van der Waals surface area contributed by atoms with Gasteiger partial charge < -0.3 is 15.2 Å². The number of alkyl carbamates (subject to hydrolysis) is 1. The van der Waals surface area contributed by atoms with Crippen LogP contribution in [0.4, 0.5) is 4.79 Å². The van der Waals surface area contributed by atoms with Gasteiger partial charge in [0, 0.05) is 6.04 Å². The van der Waals surface area contributed by atoms with Gasteiger partial charge in [-0.2, -0.15) is 0 Å². The summed E-state index contributed by atoms with van der Waals surface area (Å²) in [6.45, 7) is 5.48. The number of carboxylic acid groups (broad SMARTS) is 1. The highest BCUT2D eigenvalue weighted by Gasteiger charge is 2.26. The topological polar surface area (TPSA) is 106 Å². The molecule has 0 unspecified atom stereocenters. The standard InChI is InChI=1S/C14H22N4O4/c1-14(2,3)22-13(21)15-9-4-6-10(7-5-9)18-8-11(12(19)20)16-17-18/h8-10H,4-7H2,1-3H3,(H,15,21)(H,19,20)/t9-,10+. The van der Waals surface area contributed by atoms with Crippen LogP contribution in [0.3, 0.4) is 0 Å². The van der Waals surface area contributed by atoms with Crippen LogP contribution >= 0.6 is 0 Å². The molecular weight excluding hydrogens is 288 g/mol. The van der Waals surface area contributed by atoms with Crippen molar-refractivity contribution < 1.29 is 19.4 Å². The second kappa shape index (κ2) is 6.33. The van der Waals surface area contributed by atoms with E-state index in [-0.39, 0.29) is 17.8 Å². The summed E-state index contributed by atoms with van der Waals surface area (Å²) in [7, 11) is 0. The Balaban J connectivity index is 1.82. The maximum absolute atomic E-state index is 11.7. The van der Waals surface area contributed by atoms with Gasteiger partial charge in [-0.1, -0.05) is 5.21 Å². The van der Waals surface area contributed by atoms with E-state index in [1.165, 1.54) is 6.20 Å². The maximum atomic E-state index is 11.7. The lowest BCUT2D eigenvalue weighted by Crippen LogP contribution is -2.41. The van der Waals surface area contributed by atoms with Crippen molar-refractivity contribution in [2.75, 3.05) is 0 Å². The summed E-state index contributed by atoms with van der Waals surface area (Å²) in [6.07, 6.45) is 4.27. The van der Waals surface area contributed by atoms with Gasteiger partial charge >= 0.3 is 12.1 Å². The molecule has 0 saturated heterocycles. The average molecular weight is 310 g/mol. The first-order valence-corrected chi connectivity index (χ1v) is 7.39. The maximum Gasteiger partial charge on any atom is 0.407 e. The predicted molar refractivity (Wildman–Crippen MR) is 77.6 cm³/mol. The van der Waals surface area contributed by atoms with Crippen LogP contribution in [0.15, 0.2) is 6.20 Å². The van der Waals surface area contributed by atoms with E-state index in [2.05, 4.69) is 15.6 Å². The number of carboxylic acids is 1. The summed E-state index contributed by atoms with van der Waals surface area (Å²) in [5.41, 5.74) is -0.552. The molecule has 0 aliphatic heterocycles. The third kappa shape index (κ3) is 4.44. The Morgan fingerprint density at radius 2 is 1.95 bits per heavy atom. The van der Waals surface area contributed by atoms with Crippen LogP contribution in [0.5, 0.6) is 0 Å². The van der Waals surface area contributed by atoms with E-state index in [4.69, 9.17) is 9.84 Å². The van der Waals surface area contributed by atoms with Gasteiger partial charge in [-0.25, -0.2) is 14.3 Å². The van der Waals surface area contributed by atoms with Gasteiger partial charge in [-0.15, -0.1) is 5.10 Å². The highest BCUT2D eigenvalue weighted by Crippen LogP contribution is 2.28. The quantitative estimate of drug-likeness (QED) is 0.884. The minimum absolute atomic E-state index is 0.0472. The largest absolute Gasteiger partial charge is 0.476 e. The van der Waals surface area contributed by atoms with E-state index < -0.39 is 17.7 Å². The van der Waals surface area contributed by atoms with Crippen LogP contribution in [0.25, 0.3) is 0 Å². The molecule has 0 radical (unpaired) electrons. The molecule has 0 spiro atoms. The molecule has 0 atom stereocenters. The molecule has 1 aromatic rings. The number of aromatic carboxylic acids is 1. The summed E-state index contributed by atoms with van der Waals surface area (Å²) in [6, 6.07) is 0.200. The number of ether oxygens (including phenoxy) is 1. The lowest BCUT2D eigenvalue weighted by Gasteiger charge is -2.29. The van der Waals surface area contributed by atoms with Crippen molar-refractivity contribution in [2.45, 2.75) is 64.1 Å². The van der Waals surface area contributed by atoms with Gasteiger partial charge in [-0.05, 0) is 46.5 Å². The van der Waals surface area contributed by atoms with Crippen LogP contribution in [-0.2, 0) is 4.74 Å². The van der Waals surface area contributed by atoms with Crippen molar-refractivity contribution in [1.82, 2.24) is 20.3 Å². The van der Waals surface area contributed by atoms with Crippen molar-refractivity contribution >= 4 is 12.1 Å². The van der Waals surface area contributed by atoms with Crippen LogP contribution in [0.1, 0.15) is 63.0 Å². The summed E-state index contributed by atoms with van der Waals surface area (Å²) in [5, 5.41) is 19.2. The van der Waals surface area contributed by atoms with Crippen LogP contribution in [0, 0.1) is 0 Å². The van der Waals surface area contributed by atoms with Crippen molar-refractivity contribution in [3.05, 3.63) is 11.9 Å². The number of amides is 1. The Morgan fingerprint density at radius 3 is 2.45 bits per heavy atom. The van der Waals surface area contributed by atoms with Gasteiger partial charge in [0.2, 0.25) is 0 Å². The molecule has 122 valence electrons. The number of aromatic nitrogens is 3. The first-order chi connectivity index (χ1) is 10.2. The second-order valence-corrected chi connectivity index (χ2v) is 6.54. The molecule has 1 aromatic heterocycles. The molecule has 1 saturated carbocycles. The molecule has 1 aliphatic carbocycles. The van der Waals surface area contributed by atoms with Crippen molar-refractivity contribution in [1.29, 1.82) is 0 Å². The first kappa shape index (κ1) is 16.3. The molecule has 1 fully saturated rings. The molecule has 1 heterocycles. The molecular formula is C14H22N4O4. The van der Waals surface area contributed by atoms with Crippen LogP contribution in [0.2, 0.25) is 0 Å². The monoisotopic (exact) mass is 310 g/mol. The number of nitrogens with one attached hydrogen (secondary N) is 1. The van der Waals surface area contributed by atoms with E-state index in [1.54, 1.807) is 4.68 Å². The number of carbonyl (C=O) groups excluding carboxylic acids is 1. The molecule has 8 nitrogen and oxygen atoms in total. The van der Waals surface area contributed by atoms with Gasteiger partial charge in [0.05, 0.1) is 12.2 Å². The fourth-order valence-corrected chi connectivity index (χ4v) is 2.51. The number of carbonyl (C=O) groups is 2. The third-order valence-corrected chi connectivity index (χ3v) is 3.52. The number of rotatable bonds is 3.